The van der Waals surface area contributed by atoms with Gasteiger partial charge in [-0.05, 0) is 98.3 Å². The van der Waals surface area contributed by atoms with Crippen LogP contribution in [0.5, 0.6) is 0 Å². The molecule has 0 heterocycles. The topological polar surface area (TPSA) is 12.0 Å². The van der Waals surface area contributed by atoms with Gasteiger partial charge >= 0.3 is 0 Å². The van der Waals surface area contributed by atoms with Crippen molar-refractivity contribution in [1.29, 1.82) is 0 Å². The molecule has 0 unspecified atom stereocenters. The Kier molecular flexibility index (Phi) is 6.45. The van der Waals surface area contributed by atoms with Crippen LogP contribution in [0.1, 0.15) is 109 Å². The van der Waals surface area contributed by atoms with Crippen LogP contribution in [0.25, 0.3) is 0 Å². The summed E-state index contributed by atoms with van der Waals surface area (Å²) in [6.45, 7) is 28.3. The van der Waals surface area contributed by atoms with E-state index in [0.717, 1.165) is 0 Å². The average molecular weight is 398 g/mol. The van der Waals surface area contributed by atoms with Gasteiger partial charge in [0.25, 0.3) is 0 Å². The molecule has 29 heavy (non-hydrogen) atoms. The summed E-state index contributed by atoms with van der Waals surface area (Å²) in [5.41, 5.74) is 9.69. The number of hydrogen-bond donors (Lipinski definition) is 1. The maximum absolute atomic E-state index is 3.70. The Hall–Kier alpha value is -1.24. The Morgan fingerprint density at radius 3 is 1.17 bits per heavy atom. The fourth-order valence-electron chi connectivity index (χ4n) is 5.06. The Labute approximate surface area is 181 Å². The molecule has 1 nitrogen and oxygen atoms in total. The maximum atomic E-state index is 3.70. The van der Waals surface area contributed by atoms with E-state index >= 15 is 0 Å². The van der Waals surface area contributed by atoms with Gasteiger partial charge in [-0.3, -0.25) is 0 Å². The van der Waals surface area contributed by atoms with Crippen molar-refractivity contribution < 1.29 is 0 Å². The molecule has 0 aliphatic heterocycles. The molecule has 2 aliphatic carbocycles. The Balaban J connectivity index is 2.36. The van der Waals surface area contributed by atoms with Crippen LogP contribution in [-0.2, 0) is 0 Å². The minimum atomic E-state index is 0.245. The molecule has 0 spiro atoms. The van der Waals surface area contributed by atoms with E-state index in [-0.39, 0.29) is 10.8 Å². The second-order valence-electron chi connectivity index (χ2n) is 12.4. The standard InChI is InChI=1S/C28H47N/c1-19(17-23-21(3)25(5,6)13-15-27(23,9)10)29-20(2)18-24-22(4)26(7,8)14-16-28(24,11)12/h17-18,29H,13-16H2,1-12H3/b19-17+,20-18+. The third-order valence-corrected chi connectivity index (χ3v) is 8.16. The predicted octanol–water partition coefficient (Wildman–Crippen LogP) is 8.71. The third-order valence-electron chi connectivity index (χ3n) is 8.16. The summed E-state index contributed by atoms with van der Waals surface area (Å²) in [5, 5.41) is 3.70. The molecule has 0 aromatic heterocycles. The lowest BCUT2D eigenvalue weighted by molar-refractivity contribution is 0.267. The quantitative estimate of drug-likeness (QED) is 0.500. The summed E-state index contributed by atoms with van der Waals surface area (Å²) >= 11 is 0. The minimum Gasteiger partial charge on any atom is -0.363 e. The van der Waals surface area contributed by atoms with Crippen molar-refractivity contribution in [2.45, 2.75) is 109 Å². The zero-order valence-corrected chi connectivity index (χ0v) is 21.5. The summed E-state index contributed by atoms with van der Waals surface area (Å²) in [4.78, 5) is 0. The van der Waals surface area contributed by atoms with E-state index in [4.69, 9.17) is 0 Å². The van der Waals surface area contributed by atoms with Crippen LogP contribution >= 0.6 is 0 Å². The molecule has 0 fully saturated rings. The Morgan fingerprint density at radius 1 is 0.586 bits per heavy atom. The van der Waals surface area contributed by atoms with Crippen molar-refractivity contribution in [3.63, 3.8) is 0 Å². The first-order chi connectivity index (χ1) is 13.0. The number of rotatable bonds is 4. The molecule has 0 atom stereocenters. The van der Waals surface area contributed by atoms with Crippen molar-refractivity contribution in [3.05, 3.63) is 45.8 Å². The van der Waals surface area contributed by atoms with Gasteiger partial charge in [0.05, 0.1) is 0 Å². The average Bonchev–Trinajstić information content (AvgIpc) is 2.57. The first-order valence-corrected chi connectivity index (χ1v) is 11.6. The molecule has 0 bridgehead atoms. The van der Waals surface area contributed by atoms with E-state index in [2.05, 4.69) is 101 Å². The van der Waals surface area contributed by atoms with Crippen molar-refractivity contribution in [3.8, 4) is 0 Å². The number of nitrogens with one attached hydrogen (secondary N) is 1. The van der Waals surface area contributed by atoms with E-state index in [1.165, 1.54) is 48.2 Å². The Bertz CT molecular complexity index is 709. The fourth-order valence-corrected chi connectivity index (χ4v) is 5.06. The molecule has 1 heteroatoms. The van der Waals surface area contributed by atoms with Gasteiger partial charge in [0, 0.05) is 11.4 Å². The van der Waals surface area contributed by atoms with Crippen LogP contribution in [0.15, 0.2) is 45.8 Å². The van der Waals surface area contributed by atoms with Crippen LogP contribution in [0.3, 0.4) is 0 Å². The molecule has 2 rings (SSSR count). The normalized spacial score (nSPS) is 26.6. The highest BCUT2D eigenvalue weighted by atomic mass is 14.9. The van der Waals surface area contributed by atoms with E-state index in [1.807, 2.05) is 0 Å². The smallest absolute Gasteiger partial charge is 0.0120 e. The van der Waals surface area contributed by atoms with Gasteiger partial charge in [0.15, 0.2) is 0 Å². The van der Waals surface area contributed by atoms with Crippen LogP contribution in [0.4, 0.5) is 0 Å². The molecule has 1 N–H and O–H groups in total. The Morgan fingerprint density at radius 2 is 0.862 bits per heavy atom. The highest BCUT2D eigenvalue weighted by Crippen LogP contribution is 2.50. The summed E-state index contributed by atoms with van der Waals surface area (Å²) in [6, 6.07) is 0. The van der Waals surface area contributed by atoms with Gasteiger partial charge in [0.1, 0.15) is 0 Å². The van der Waals surface area contributed by atoms with E-state index in [0.29, 0.717) is 10.8 Å². The zero-order chi connectivity index (χ0) is 22.4. The van der Waals surface area contributed by atoms with Crippen LogP contribution in [0.2, 0.25) is 0 Å². The molecule has 164 valence electrons. The lowest BCUT2D eigenvalue weighted by Crippen LogP contribution is -2.30. The highest BCUT2D eigenvalue weighted by Gasteiger charge is 2.37. The van der Waals surface area contributed by atoms with Gasteiger partial charge < -0.3 is 5.32 Å². The van der Waals surface area contributed by atoms with Gasteiger partial charge in [-0.15, -0.1) is 0 Å². The molecule has 0 saturated heterocycles. The molecule has 0 aromatic carbocycles. The molecule has 0 saturated carbocycles. The van der Waals surface area contributed by atoms with Crippen molar-refractivity contribution in [1.82, 2.24) is 5.32 Å². The van der Waals surface area contributed by atoms with Crippen LogP contribution in [-0.4, -0.2) is 0 Å². The zero-order valence-electron chi connectivity index (χ0n) is 21.5. The van der Waals surface area contributed by atoms with Gasteiger partial charge in [-0.2, -0.15) is 0 Å². The predicted molar refractivity (Wildman–Crippen MR) is 130 cm³/mol. The second kappa shape index (κ2) is 7.78. The molecule has 0 amide bonds. The summed E-state index contributed by atoms with van der Waals surface area (Å²) in [5.74, 6) is 0. The SMILES string of the molecule is CC1=C(/C=C(\C)N/C(C)=C/C2=C(C)C(C)(C)CCC2(C)C)C(C)(C)CCC1(C)C. The largest absolute Gasteiger partial charge is 0.363 e. The molecular weight excluding hydrogens is 350 g/mol. The van der Waals surface area contributed by atoms with E-state index in [9.17, 15) is 0 Å². The van der Waals surface area contributed by atoms with E-state index < -0.39 is 0 Å². The third kappa shape index (κ3) is 5.09. The fraction of sp³-hybridized carbons (Fsp3) is 0.714. The lowest BCUT2D eigenvalue weighted by Gasteiger charge is -2.42. The van der Waals surface area contributed by atoms with E-state index in [1.54, 1.807) is 11.1 Å². The molecule has 0 radical (unpaired) electrons. The van der Waals surface area contributed by atoms with Crippen molar-refractivity contribution in [2.24, 2.45) is 21.7 Å². The lowest BCUT2D eigenvalue weighted by atomic mass is 9.63. The van der Waals surface area contributed by atoms with Gasteiger partial charge in [-0.1, -0.05) is 66.5 Å². The summed E-state index contributed by atoms with van der Waals surface area (Å²) in [6.07, 6.45) is 9.86. The maximum Gasteiger partial charge on any atom is 0.0120 e. The number of hydrogen-bond acceptors (Lipinski definition) is 1. The van der Waals surface area contributed by atoms with Crippen molar-refractivity contribution >= 4 is 0 Å². The molecule has 2 aliphatic rings. The molecular formula is C28H47N. The molecule has 0 aromatic rings. The van der Waals surface area contributed by atoms with Gasteiger partial charge in [0.2, 0.25) is 0 Å². The number of allylic oxidation sites excluding steroid dienone is 8. The summed E-state index contributed by atoms with van der Waals surface area (Å²) in [7, 11) is 0. The summed E-state index contributed by atoms with van der Waals surface area (Å²) < 4.78 is 0. The van der Waals surface area contributed by atoms with Gasteiger partial charge in [-0.25, -0.2) is 0 Å². The first-order valence-electron chi connectivity index (χ1n) is 11.6. The minimum absolute atomic E-state index is 0.245. The van der Waals surface area contributed by atoms with Crippen LogP contribution in [0, 0.1) is 21.7 Å². The highest BCUT2D eigenvalue weighted by molar-refractivity contribution is 5.40. The first kappa shape index (κ1) is 24.0. The second-order valence-corrected chi connectivity index (χ2v) is 12.4. The van der Waals surface area contributed by atoms with Crippen LogP contribution < -0.4 is 5.32 Å². The monoisotopic (exact) mass is 397 g/mol. The van der Waals surface area contributed by atoms with Crippen molar-refractivity contribution in [2.75, 3.05) is 0 Å².